The van der Waals surface area contributed by atoms with Crippen molar-refractivity contribution in [2.75, 3.05) is 7.11 Å². The molecular weight excluding hydrogens is 340 g/mol. The normalized spacial score (nSPS) is 34.4. The minimum atomic E-state index is -1.93. The maximum atomic E-state index is 13.0. The molecule has 1 N–H and O–H groups in total. The molecule has 1 aliphatic carbocycles. The second-order valence-electron chi connectivity index (χ2n) is 8.36. The van der Waals surface area contributed by atoms with Crippen molar-refractivity contribution in [3.8, 4) is 0 Å². The number of methoxy groups -OCH3 is 1. The summed E-state index contributed by atoms with van der Waals surface area (Å²) in [6.45, 7) is 11.7. The van der Waals surface area contributed by atoms with Gasteiger partial charge >= 0.3 is 11.9 Å². The molecule has 2 rings (SSSR count). The van der Waals surface area contributed by atoms with Crippen LogP contribution in [-0.4, -0.2) is 55.3 Å². The lowest BCUT2D eigenvalue weighted by molar-refractivity contribution is -0.188. The SMILES string of the molecule is CC[Si](CC)(CC)[C@]12C[C@@](C(=O)OC)(C(=O)OC(C)(C)C)[C@H](O)[C@H]1O2. The van der Waals surface area contributed by atoms with Gasteiger partial charge in [0.25, 0.3) is 0 Å². The highest BCUT2D eigenvalue weighted by Gasteiger charge is 2.83. The standard InChI is InChI=1S/C18H32O6Si/c1-8-25(9-2,10-3)18-11-17(14(20)22-7,12(19)13(18)23-18)15(21)24-16(4,5)6/h12-13,19H,8-11H2,1-7H3/t12-,13-,17-,18-/m1/s1. The van der Waals surface area contributed by atoms with Crippen LogP contribution in [0, 0.1) is 5.41 Å². The van der Waals surface area contributed by atoms with Gasteiger partial charge in [0.2, 0.25) is 0 Å². The zero-order chi connectivity index (χ0) is 19.3. The quantitative estimate of drug-likeness (QED) is 0.334. The summed E-state index contributed by atoms with van der Waals surface area (Å²) >= 11 is 0. The summed E-state index contributed by atoms with van der Waals surface area (Å²) in [5.41, 5.74) is -2.45. The fourth-order valence-electron chi connectivity index (χ4n) is 4.71. The Kier molecular flexibility index (Phi) is 5.18. The van der Waals surface area contributed by atoms with E-state index in [-0.39, 0.29) is 6.42 Å². The summed E-state index contributed by atoms with van der Waals surface area (Å²) in [5, 5.41) is 10.4. The van der Waals surface area contributed by atoms with Crippen molar-refractivity contribution in [1.29, 1.82) is 0 Å². The smallest absolute Gasteiger partial charge is 0.326 e. The van der Waals surface area contributed by atoms with Gasteiger partial charge in [-0.3, -0.25) is 9.59 Å². The van der Waals surface area contributed by atoms with Crippen molar-refractivity contribution in [3.05, 3.63) is 0 Å². The van der Waals surface area contributed by atoms with Gasteiger partial charge in [0.05, 0.1) is 20.4 Å². The third-order valence-electron chi connectivity index (χ3n) is 6.31. The Balaban J connectivity index is 2.48. The van der Waals surface area contributed by atoms with Gasteiger partial charge in [-0.2, -0.15) is 0 Å². The second-order valence-corrected chi connectivity index (χ2v) is 13.9. The van der Waals surface area contributed by atoms with Crippen LogP contribution in [0.1, 0.15) is 48.0 Å². The van der Waals surface area contributed by atoms with E-state index in [1.165, 1.54) is 7.11 Å². The average molecular weight is 373 g/mol. The third-order valence-corrected chi connectivity index (χ3v) is 12.7. The second kappa shape index (κ2) is 6.35. The number of ether oxygens (including phenoxy) is 3. The van der Waals surface area contributed by atoms with Gasteiger partial charge in [-0.15, -0.1) is 0 Å². The molecule has 25 heavy (non-hydrogen) atoms. The first-order valence-corrected chi connectivity index (χ1v) is 11.8. The molecule has 6 nitrogen and oxygen atoms in total. The number of epoxide rings is 1. The molecule has 1 aliphatic heterocycles. The Hall–Kier alpha value is -0.923. The minimum absolute atomic E-state index is 0.162. The van der Waals surface area contributed by atoms with Crippen LogP contribution in [0.4, 0.5) is 0 Å². The van der Waals surface area contributed by atoms with Gasteiger partial charge in [0, 0.05) is 6.42 Å². The fraction of sp³-hybridized carbons (Fsp3) is 0.889. The van der Waals surface area contributed by atoms with E-state index in [2.05, 4.69) is 20.8 Å². The number of carbonyl (C=O) groups excluding carboxylic acids is 2. The predicted molar refractivity (Wildman–Crippen MR) is 95.7 cm³/mol. The topological polar surface area (TPSA) is 85.4 Å². The summed E-state index contributed by atoms with van der Waals surface area (Å²) < 4.78 is 16.5. The van der Waals surface area contributed by atoms with Crippen LogP contribution < -0.4 is 0 Å². The number of fused-ring (bicyclic) bond motifs is 1. The van der Waals surface area contributed by atoms with E-state index in [4.69, 9.17) is 14.2 Å². The Morgan fingerprint density at radius 1 is 1.16 bits per heavy atom. The molecule has 0 aromatic rings. The first-order valence-electron chi connectivity index (χ1n) is 9.18. The molecule has 2 aliphatic rings. The van der Waals surface area contributed by atoms with E-state index in [0.29, 0.717) is 0 Å². The molecule has 1 saturated carbocycles. The molecule has 0 radical (unpaired) electrons. The highest BCUT2D eigenvalue weighted by molar-refractivity contribution is 6.83. The van der Waals surface area contributed by atoms with Crippen LogP contribution in [0.25, 0.3) is 0 Å². The summed E-state index contributed by atoms with van der Waals surface area (Å²) in [7, 11) is -0.687. The fourth-order valence-corrected chi connectivity index (χ4v) is 9.80. The van der Waals surface area contributed by atoms with Gasteiger partial charge in [-0.1, -0.05) is 38.9 Å². The number of hydrogen-bond donors (Lipinski definition) is 1. The van der Waals surface area contributed by atoms with Crippen LogP contribution in [0.2, 0.25) is 18.1 Å². The molecule has 0 aromatic carbocycles. The van der Waals surface area contributed by atoms with Crippen molar-refractivity contribution >= 4 is 20.0 Å². The maximum Gasteiger partial charge on any atom is 0.326 e. The monoisotopic (exact) mass is 372 g/mol. The van der Waals surface area contributed by atoms with Gasteiger partial charge in [-0.05, 0) is 20.8 Å². The Labute approximate surface area is 151 Å². The molecule has 2 fully saturated rings. The lowest BCUT2D eigenvalue weighted by Gasteiger charge is -2.37. The highest BCUT2D eigenvalue weighted by atomic mass is 28.3. The molecule has 0 unspecified atom stereocenters. The predicted octanol–water partition coefficient (Wildman–Crippen LogP) is 2.44. The van der Waals surface area contributed by atoms with Crippen molar-refractivity contribution in [3.63, 3.8) is 0 Å². The van der Waals surface area contributed by atoms with Crippen LogP contribution in [0.15, 0.2) is 0 Å². The lowest BCUT2D eigenvalue weighted by Crippen LogP contribution is -2.54. The first kappa shape index (κ1) is 20.4. The maximum absolute atomic E-state index is 13.0. The van der Waals surface area contributed by atoms with Crippen LogP contribution in [-0.2, 0) is 23.8 Å². The van der Waals surface area contributed by atoms with Crippen LogP contribution >= 0.6 is 0 Å². The van der Waals surface area contributed by atoms with Gasteiger partial charge in [0.15, 0.2) is 5.41 Å². The number of aliphatic hydroxyl groups excluding tert-OH is 1. The first-order chi connectivity index (χ1) is 11.5. The van der Waals surface area contributed by atoms with E-state index >= 15 is 0 Å². The van der Waals surface area contributed by atoms with E-state index in [9.17, 15) is 14.7 Å². The Morgan fingerprint density at radius 2 is 1.68 bits per heavy atom. The molecule has 0 aromatic heterocycles. The summed E-state index contributed by atoms with van der Waals surface area (Å²) in [6.07, 6.45) is -1.55. The van der Waals surface area contributed by atoms with Gasteiger partial charge < -0.3 is 19.3 Å². The number of esters is 2. The molecular formula is C18H32O6Si. The van der Waals surface area contributed by atoms with E-state index in [0.717, 1.165) is 18.1 Å². The molecule has 0 bridgehead atoms. The molecule has 4 atom stereocenters. The number of rotatable bonds is 6. The lowest BCUT2D eigenvalue weighted by atomic mass is 9.83. The Morgan fingerprint density at radius 3 is 2.08 bits per heavy atom. The van der Waals surface area contributed by atoms with E-state index in [1.807, 2.05) is 0 Å². The molecule has 1 saturated heterocycles. The zero-order valence-corrected chi connectivity index (χ0v) is 17.5. The summed E-state index contributed by atoms with van der Waals surface area (Å²) in [6, 6.07) is 2.94. The molecule has 1 heterocycles. The van der Waals surface area contributed by atoms with Crippen molar-refractivity contribution in [2.24, 2.45) is 5.41 Å². The average Bonchev–Trinajstić information content (AvgIpc) is 3.21. The number of carbonyl (C=O) groups is 2. The van der Waals surface area contributed by atoms with Crippen LogP contribution in [0.5, 0.6) is 0 Å². The van der Waals surface area contributed by atoms with Gasteiger partial charge in [-0.25, -0.2) is 0 Å². The summed E-state index contributed by atoms with van der Waals surface area (Å²) in [5.74, 6) is -1.43. The zero-order valence-electron chi connectivity index (χ0n) is 16.5. The van der Waals surface area contributed by atoms with E-state index in [1.54, 1.807) is 20.8 Å². The van der Waals surface area contributed by atoms with Crippen molar-refractivity contribution in [2.45, 2.75) is 89.1 Å². The number of aliphatic hydroxyl groups is 1. The minimum Gasteiger partial charge on any atom is -0.468 e. The number of hydrogen-bond acceptors (Lipinski definition) is 6. The molecule has 0 spiro atoms. The third kappa shape index (κ3) is 2.75. The molecule has 0 amide bonds. The Bertz CT molecular complexity index is 544. The van der Waals surface area contributed by atoms with Gasteiger partial charge in [0.1, 0.15) is 17.8 Å². The van der Waals surface area contributed by atoms with Crippen molar-refractivity contribution in [1.82, 2.24) is 0 Å². The largest absolute Gasteiger partial charge is 0.468 e. The molecule has 144 valence electrons. The van der Waals surface area contributed by atoms with E-state index < -0.39 is 48.5 Å². The molecule has 7 heteroatoms. The highest BCUT2D eigenvalue weighted by Crippen LogP contribution is 2.64. The van der Waals surface area contributed by atoms with Crippen molar-refractivity contribution < 1.29 is 28.9 Å². The summed E-state index contributed by atoms with van der Waals surface area (Å²) in [4.78, 5) is 25.6. The van der Waals surface area contributed by atoms with Crippen LogP contribution in [0.3, 0.4) is 0 Å².